The standard InChI is InChI=1S/C25H22ClN3O4S/c1-16-2-4-17(5-3-16)14-21-24(31)29(25(32)34-21)13-12-27-22(30)10-11-23-28-15-20(33-23)18-6-8-19(26)9-7-18/h2-9,14-15H,10-13H2,1H3,(H,27,30)/b21-14-. The van der Waals surface area contributed by atoms with Crippen LogP contribution in [0.15, 0.2) is 64.1 Å². The molecular formula is C25H22ClN3O4S. The van der Waals surface area contributed by atoms with Gasteiger partial charge in [0.1, 0.15) is 0 Å². The second-order valence-corrected chi connectivity index (χ2v) is 9.15. The van der Waals surface area contributed by atoms with E-state index in [0.717, 1.165) is 33.4 Å². The maximum Gasteiger partial charge on any atom is 0.293 e. The van der Waals surface area contributed by atoms with Gasteiger partial charge in [-0.1, -0.05) is 41.4 Å². The number of amides is 3. The van der Waals surface area contributed by atoms with Gasteiger partial charge in [0.05, 0.1) is 11.1 Å². The molecule has 0 spiro atoms. The third-order valence-electron chi connectivity index (χ3n) is 5.15. The molecule has 1 aromatic heterocycles. The summed E-state index contributed by atoms with van der Waals surface area (Å²) in [5.74, 6) is 0.491. The number of carbonyl (C=O) groups is 3. The predicted octanol–water partition coefficient (Wildman–Crippen LogP) is 5.09. The van der Waals surface area contributed by atoms with E-state index in [1.54, 1.807) is 24.4 Å². The van der Waals surface area contributed by atoms with E-state index in [1.807, 2.05) is 43.3 Å². The van der Waals surface area contributed by atoms with E-state index < -0.39 is 0 Å². The number of carbonyl (C=O) groups excluding carboxylic acids is 3. The Morgan fingerprint density at radius 1 is 1.15 bits per heavy atom. The number of nitrogens with zero attached hydrogens (tertiary/aromatic N) is 2. The normalized spacial score (nSPS) is 14.8. The van der Waals surface area contributed by atoms with E-state index in [1.165, 1.54) is 0 Å². The van der Waals surface area contributed by atoms with Crippen LogP contribution in [-0.2, 0) is 16.0 Å². The molecular weight excluding hydrogens is 474 g/mol. The average Bonchev–Trinajstić information content (AvgIpc) is 3.40. The number of nitrogens with one attached hydrogen (secondary N) is 1. The van der Waals surface area contributed by atoms with E-state index >= 15 is 0 Å². The van der Waals surface area contributed by atoms with Crippen molar-refractivity contribution in [3.63, 3.8) is 0 Å². The van der Waals surface area contributed by atoms with Gasteiger partial charge in [0.2, 0.25) is 5.91 Å². The topological polar surface area (TPSA) is 92.5 Å². The Bertz CT molecular complexity index is 1240. The molecule has 3 aromatic rings. The summed E-state index contributed by atoms with van der Waals surface area (Å²) in [7, 11) is 0. The number of hydrogen-bond donors (Lipinski definition) is 1. The van der Waals surface area contributed by atoms with Gasteiger partial charge in [-0.2, -0.15) is 0 Å². The van der Waals surface area contributed by atoms with E-state index in [2.05, 4.69) is 10.3 Å². The molecule has 0 radical (unpaired) electrons. The first-order chi connectivity index (χ1) is 16.4. The Kier molecular flexibility index (Phi) is 7.49. The molecule has 9 heteroatoms. The molecule has 1 saturated heterocycles. The van der Waals surface area contributed by atoms with Gasteiger partial charge in [-0.15, -0.1) is 0 Å². The molecule has 3 amide bonds. The average molecular weight is 496 g/mol. The minimum absolute atomic E-state index is 0.112. The smallest absolute Gasteiger partial charge is 0.293 e. The molecule has 0 saturated carbocycles. The van der Waals surface area contributed by atoms with Gasteiger partial charge in [-0.25, -0.2) is 4.98 Å². The lowest BCUT2D eigenvalue weighted by atomic mass is 10.1. The Labute approximate surface area is 206 Å². The van der Waals surface area contributed by atoms with Gasteiger partial charge in [-0.05, 0) is 54.6 Å². The molecule has 1 N–H and O–H groups in total. The van der Waals surface area contributed by atoms with Crippen molar-refractivity contribution in [1.82, 2.24) is 15.2 Å². The van der Waals surface area contributed by atoms with Crippen molar-refractivity contribution in [1.29, 1.82) is 0 Å². The number of aromatic nitrogens is 1. The first-order valence-electron chi connectivity index (χ1n) is 10.7. The van der Waals surface area contributed by atoms with Gasteiger partial charge in [0.15, 0.2) is 11.7 Å². The monoisotopic (exact) mass is 495 g/mol. The zero-order valence-electron chi connectivity index (χ0n) is 18.4. The van der Waals surface area contributed by atoms with Crippen LogP contribution < -0.4 is 5.32 Å². The van der Waals surface area contributed by atoms with Gasteiger partial charge >= 0.3 is 0 Å². The van der Waals surface area contributed by atoms with E-state index in [9.17, 15) is 14.4 Å². The highest BCUT2D eigenvalue weighted by Gasteiger charge is 2.34. The summed E-state index contributed by atoms with van der Waals surface area (Å²) in [5, 5.41) is 3.03. The van der Waals surface area contributed by atoms with Crippen molar-refractivity contribution < 1.29 is 18.8 Å². The summed E-state index contributed by atoms with van der Waals surface area (Å²) in [6.45, 7) is 2.27. The highest BCUT2D eigenvalue weighted by Crippen LogP contribution is 2.32. The Hall–Kier alpha value is -3.36. The first-order valence-corrected chi connectivity index (χ1v) is 11.9. The minimum Gasteiger partial charge on any atom is -0.441 e. The highest BCUT2D eigenvalue weighted by atomic mass is 35.5. The molecule has 1 fully saturated rings. The zero-order valence-corrected chi connectivity index (χ0v) is 20.0. The van der Waals surface area contributed by atoms with Crippen LogP contribution in [0.1, 0.15) is 23.4 Å². The molecule has 4 rings (SSSR count). The SMILES string of the molecule is Cc1ccc(/C=C2\SC(=O)N(CCNC(=O)CCc3ncc(-c4ccc(Cl)cc4)o3)C2=O)cc1. The number of benzene rings is 2. The lowest BCUT2D eigenvalue weighted by molar-refractivity contribution is -0.124. The van der Waals surface area contributed by atoms with Crippen LogP contribution in [0.4, 0.5) is 4.79 Å². The maximum atomic E-state index is 12.6. The van der Waals surface area contributed by atoms with Crippen LogP contribution in [0, 0.1) is 6.92 Å². The molecule has 0 atom stereocenters. The van der Waals surface area contributed by atoms with Crippen molar-refractivity contribution in [3.8, 4) is 11.3 Å². The van der Waals surface area contributed by atoms with Crippen LogP contribution >= 0.6 is 23.4 Å². The summed E-state index contributed by atoms with van der Waals surface area (Å²) < 4.78 is 5.70. The van der Waals surface area contributed by atoms with Crippen LogP contribution in [0.25, 0.3) is 17.4 Å². The first kappa shape index (κ1) is 23.8. The summed E-state index contributed by atoms with van der Waals surface area (Å²) in [6, 6.07) is 14.9. The number of thioether (sulfide) groups is 1. The van der Waals surface area contributed by atoms with Crippen molar-refractivity contribution >= 4 is 46.5 Å². The molecule has 7 nitrogen and oxygen atoms in total. The second-order valence-electron chi connectivity index (χ2n) is 7.72. The third-order valence-corrected chi connectivity index (χ3v) is 6.31. The van der Waals surface area contributed by atoms with Crippen molar-refractivity contribution in [2.45, 2.75) is 19.8 Å². The number of imide groups is 1. The summed E-state index contributed by atoms with van der Waals surface area (Å²) in [5.41, 5.74) is 2.82. The predicted molar refractivity (Wildman–Crippen MR) is 132 cm³/mol. The fourth-order valence-corrected chi connectivity index (χ4v) is 4.29. The summed E-state index contributed by atoms with van der Waals surface area (Å²) in [4.78, 5) is 42.8. The minimum atomic E-state index is -0.348. The number of aryl methyl sites for hydroxylation is 2. The van der Waals surface area contributed by atoms with Crippen LogP contribution in [0.2, 0.25) is 5.02 Å². The van der Waals surface area contributed by atoms with Crippen molar-refractivity contribution in [3.05, 3.63) is 81.7 Å². The molecule has 0 aliphatic carbocycles. The number of rotatable bonds is 8. The van der Waals surface area contributed by atoms with Gasteiger partial charge in [0.25, 0.3) is 11.1 Å². The highest BCUT2D eigenvalue weighted by molar-refractivity contribution is 8.18. The molecule has 0 unspecified atom stereocenters. The maximum absolute atomic E-state index is 12.6. The largest absolute Gasteiger partial charge is 0.441 e. The van der Waals surface area contributed by atoms with Crippen LogP contribution in [-0.4, -0.2) is 40.0 Å². The summed E-state index contributed by atoms with van der Waals surface area (Å²) in [6.07, 6.45) is 3.83. The van der Waals surface area contributed by atoms with Crippen LogP contribution in [0.5, 0.6) is 0 Å². The number of hydrogen-bond acceptors (Lipinski definition) is 6. The summed E-state index contributed by atoms with van der Waals surface area (Å²) >= 11 is 6.80. The number of oxazole rings is 1. The Morgan fingerprint density at radius 2 is 1.88 bits per heavy atom. The lowest BCUT2D eigenvalue weighted by Crippen LogP contribution is -2.37. The second kappa shape index (κ2) is 10.7. The molecule has 1 aliphatic heterocycles. The zero-order chi connectivity index (χ0) is 24.1. The van der Waals surface area contributed by atoms with Crippen LogP contribution in [0.3, 0.4) is 0 Å². The van der Waals surface area contributed by atoms with Crippen molar-refractivity contribution in [2.24, 2.45) is 0 Å². The molecule has 2 aromatic carbocycles. The molecule has 34 heavy (non-hydrogen) atoms. The molecule has 1 aliphatic rings. The fraction of sp³-hybridized carbons (Fsp3) is 0.200. The lowest BCUT2D eigenvalue weighted by Gasteiger charge is -2.12. The quantitative estimate of drug-likeness (QED) is 0.438. The van der Waals surface area contributed by atoms with E-state index in [0.29, 0.717) is 28.0 Å². The Balaban J connectivity index is 1.23. The van der Waals surface area contributed by atoms with E-state index in [-0.39, 0.29) is 36.6 Å². The molecule has 0 bridgehead atoms. The number of halogens is 1. The molecule has 174 valence electrons. The van der Waals surface area contributed by atoms with Gasteiger partial charge in [-0.3, -0.25) is 19.3 Å². The third kappa shape index (κ3) is 5.95. The molecule has 2 heterocycles. The van der Waals surface area contributed by atoms with Gasteiger partial charge in [0, 0.05) is 36.5 Å². The van der Waals surface area contributed by atoms with E-state index in [4.69, 9.17) is 16.0 Å². The Morgan fingerprint density at radius 3 is 2.62 bits per heavy atom. The van der Waals surface area contributed by atoms with Crippen molar-refractivity contribution in [2.75, 3.05) is 13.1 Å². The van der Waals surface area contributed by atoms with Gasteiger partial charge < -0.3 is 9.73 Å². The fourth-order valence-electron chi connectivity index (χ4n) is 3.30.